The molecule has 2 rings (SSSR count). The van der Waals surface area contributed by atoms with Crippen molar-refractivity contribution in [3.63, 3.8) is 0 Å². The average molecular weight is 395 g/mol. The van der Waals surface area contributed by atoms with E-state index in [-0.39, 0.29) is 28.6 Å². The molecule has 0 aromatic carbocycles. The third kappa shape index (κ3) is 6.89. The molecule has 2 aliphatic carbocycles. The van der Waals surface area contributed by atoms with E-state index in [1.54, 1.807) is 0 Å². The summed E-state index contributed by atoms with van der Waals surface area (Å²) < 4.78 is 11.0. The average Bonchev–Trinajstić information content (AvgIpc) is 3.39. The quantitative estimate of drug-likeness (QED) is 0.480. The fourth-order valence-corrected chi connectivity index (χ4v) is 3.56. The van der Waals surface area contributed by atoms with Crippen LogP contribution in [0.5, 0.6) is 0 Å². The van der Waals surface area contributed by atoms with Crippen LogP contribution in [0.2, 0.25) is 0 Å². The molecule has 0 aromatic heterocycles. The highest BCUT2D eigenvalue weighted by Crippen LogP contribution is 2.52. The molecule has 0 unspecified atom stereocenters. The maximum absolute atomic E-state index is 12.3. The van der Waals surface area contributed by atoms with Crippen molar-refractivity contribution in [2.75, 3.05) is 0 Å². The van der Waals surface area contributed by atoms with Crippen LogP contribution in [-0.2, 0) is 23.9 Å². The minimum Gasteiger partial charge on any atom is -0.460 e. The summed E-state index contributed by atoms with van der Waals surface area (Å²) in [7, 11) is 0. The maximum Gasteiger partial charge on any atom is 0.312 e. The van der Waals surface area contributed by atoms with Crippen LogP contribution in [0, 0.1) is 10.8 Å². The number of rotatable bonds is 10. The summed E-state index contributed by atoms with van der Waals surface area (Å²) in [6, 6.07) is 0. The molecular weight excluding hydrogens is 356 g/mol. The molecule has 0 bridgehead atoms. The van der Waals surface area contributed by atoms with Crippen LogP contribution in [0.4, 0.5) is 0 Å². The van der Waals surface area contributed by atoms with Gasteiger partial charge in [0, 0.05) is 12.8 Å². The maximum atomic E-state index is 12.3. The Morgan fingerprint density at radius 1 is 0.679 bits per heavy atom. The largest absolute Gasteiger partial charge is 0.460 e. The first-order valence-corrected chi connectivity index (χ1v) is 10.8. The second kappa shape index (κ2) is 8.16. The number of esters is 2. The van der Waals surface area contributed by atoms with Gasteiger partial charge in [-0.3, -0.25) is 14.4 Å². The lowest BCUT2D eigenvalue weighted by Crippen LogP contribution is -2.30. The second-order valence-electron chi connectivity index (χ2n) is 10.8. The topological polar surface area (TPSA) is 69.7 Å². The van der Waals surface area contributed by atoms with Gasteiger partial charge in [-0.2, -0.15) is 0 Å². The lowest BCUT2D eigenvalue weighted by atomic mass is 9.94. The standard InChI is InChI=1S/C23H38O5/c1-20(2,3)27-18(25)22(13-14-22)11-7-9-17(24)10-8-12-23(15-16-23)19(26)28-21(4,5)6/h7-16H2,1-6H3. The molecule has 0 aromatic rings. The molecule has 0 aliphatic heterocycles. The molecule has 0 spiro atoms. The van der Waals surface area contributed by atoms with Crippen molar-refractivity contribution in [1.82, 2.24) is 0 Å². The van der Waals surface area contributed by atoms with Crippen LogP contribution >= 0.6 is 0 Å². The zero-order valence-electron chi connectivity index (χ0n) is 18.6. The van der Waals surface area contributed by atoms with Gasteiger partial charge in [0.2, 0.25) is 0 Å². The molecule has 0 saturated heterocycles. The summed E-state index contributed by atoms with van der Waals surface area (Å²) in [6.07, 6.45) is 7.41. The lowest BCUT2D eigenvalue weighted by Gasteiger charge is -2.24. The molecule has 0 radical (unpaired) electrons. The highest BCUT2D eigenvalue weighted by Gasteiger charge is 2.52. The smallest absolute Gasteiger partial charge is 0.312 e. The molecule has 5 nitrogen and oxygen atoms in total. The molecular formula is C23H38O5. The van der Waals surface area contributed by atoms with Crippen LogP contribution < -0.4 is 0 Å². The van der Waals surface area contributed by atoms with Gasteiger partial charge in [0.25, 0.3) is 0 Å². The minimum absolute atomic E-state index is 0.111. The van der Waals surface area contributed by atoms with Gasteiger partial charge < -0.3 is 9.47 Å². The van der Waals surface area contributed by atoms with Crippen molar-refractivity contribution in [3.05, 3.63) is 0 Å². The Kier molecular flexibility index (Phi) is 6.67. The number of hydrogen-bond donors (Lipinski definition) is 0. The first kappa shape index (κ1) is 22.9. The SMILES string of the molecule is CC(C)(C)OC(=O)C1(CCCC(=O)CCCC2(C(=O)OC(C)(C)C)CC2)CC1. The van der Waals surface area contributed by atoms with Crippen molar-refractivity contribution in [2.45, 2.75) is 117 Å². The molecule has 160 valence electrons. The highest BCUT2D eigenvalue weighted by atomic mass is 16.6. The summed E-state index contributed by atoms with van der Waals surface area (Å²) in [5.41, 5.74) is -1.62. The Labute approximate surface area is 169 Å². The molecule has 2 saturated carbocycles. The summed E-state index contributed by atoms with van der Waals surface area (Å²) in [4.78, 5) is 36.9. The van der Waals surface area contributed by atoms with Crippen LogP contribution in [0.1, 0.15) is 106 Å². The van der Waals surface area contributed by atoms with E-state index < -0.39 is 11.2 Å². The summed E-state index contributed by atoms with van der Waals surface area (Å²) in [5.74, 6) is 0.000877. The number of carbonyl (C=O) groups excluding carboxylic acids is 3. The Hall–Kier alpha value is -1.39. The van der Waals surface area contributed by atoms with Gasteiger partial charge in [0.05, 0.1) is 10.8 Å². The Balaban J connectivity index is 1.65. The van der Waals surface area contributed by atoms with Crippen molar-refractivity contribution in [1.29, 1.82) is 0 Å². The normalized spacial score (nSPS) is 19.6. The van der Waals surface area contributed by atoms with Crippen LogP contribution in [0.25, 0.3) is 0 Å². The molecule has 0 atom stereocenters. The Morgan fingerprint density at radius 3 is 1.25 bits per heavy atom. The minimum atomic E-state index is -0.463. The van der Waals surface area contributed by atoms with Crippen LogP contribution in [0.3, 0.4) is 0 Å². The van der Waals surface area contributed by atoms with Gasteiger partial charge in [0.15, 0.2) is 0 Å². The summed E-state index contributed by atoms with van der Waals surface area (Å²) in [5, 5.41) is 0. The van der Waals surface area contributed by atoms with Gasteiger partial charge in [-0.1, -0.05) is 0 Å². The van der Waals surface area contributed by atoms with Gasteiger partial charge in [-0.05, 0) is 92.9 Å². The zero-order valence-corrected chi connectivity index (χ0v) is 18.6. The summed E-state index contributed by atoms with van der Waals surface area (Å²) >= 11 is 0. The first-order valence-electron chi connectivity index (χ1n) is 10.8. The molecule has 0 N–H and O–H groups in total. The van der Waals surface area contributed by atoms with E-state index in [0.29, 0.717) is 12.8 Å². The lowest BCUT2D eigenvalue weighted by molar-refractivity contribution is -0.163. The number of ketones is 1. The van der Waals surface area contributed by atoms with Gasteiger partial charge >= 0.3 is 11.9 Å². The molecule has 5 heteroatoms. The van der Waals surface area contributed by atoms with Crippen molar-refractivity contribution < 1.29 is 23.9 Å². The highest BCUT2D eigenvalue weighted by molar-refractivity contribution is 5.81. The van der Waals surface area contributed by atoms with Crippen molar-refractivity contribution >= 4 is 17.7 Å². The number of hydrogen-bond acceptors (Lipinski definition) is 5. The van der Waals surface area contributed by atoms with Crippen molar-refractivity contribution in [3.8, 4) is 0 Å². The van der Waals surface area contributed by atoms with Gasteiger partial charge in [-0.15, -0.1) is 0 Å². The van der Waals surface area contributed by atoms with E-state index in [0.717, 1.165) is 51.4 Å². The number of Topliss-reactive ketones (excluding diaryl/α,β-unsaturated/α-hetero) is 1. The van der Waals surface area contributed by atoms with E-state index in [2.05, 4.69) is 0 Å². The predicted molar refractivity (Wildman–Crippen MR) is 108 cm³/mol. The predicted octanol–water partition coefficient (Wildman–Crippen LogP) is 5.14. The van der Waals surface area contributed by atoms with Gasteiger partial charge in [0.1, 0.15) is 17.0 Å². The van der Waals surface area contributed by atoms with Gasteiger partial charge in [-0.25, -0.2) is 0 Å². The molecule has 28 heavy (non-hydrogen) atoms. The Morgan fingerprint density at radius 2 is 1.00 bits per heavy atom. The molecule has 0 amide bonds. The van der Waals surface area contributed by atoms with E-state index >= 15 is 0 Å². The van der Waals surface area contributed by atoms with Crippen LogP contribution in [-0.4, -0.2) is 28.9 Å². The Bertz CT molecular complexity index is 545. The molecule has 2 aliphatic rings. The first-order chi connectivity index (χ1) is 12.8. The van der Waals surface area contributed by atoms with E-state index in [1.165, 1.54) is 0 Å². The monoisotopic (exact) mass is 394 g/mol. The number of ether oxygens (including phenoxy) is 2. The van der Waals surface area contributed by atoms with E-state index in [4.69, 9.17) is 9.47 Å². The van der Waals surface area contributed by atoms with E-state index in [1.807, 2.05) is 41.5 Å². The summed E-state index contributed by atoms with van der Waals surface area (Å²) in [6.45, 7) is 11.3. The fourth-order valence-electron chi connectivity index (χ4n) is 3.56. The fraction of sp³-hybridized carbons (Fsp3) is 0.870. The third-order valence-electron chi connectivity index (χ3n) is 5.59. The zero-order chi connectivity index (χ0) is 21.2. The van der Waals surface area contributed by atoms with E-state index in [9.17, 15) is 14.4 Å². The molecule has 0 heterocycles. The molecule has 2 fully saturated rings. The number of carbonyl (C=O) groups is 3. The van der Waals surface area contributed by atoms with Crippen molar-refractivity contribution in [2.24, 2.45) is 10.8 Å². The van der Waals surface area contributed by atoms with Crippen LogP contribution in [0.15, 0.2) is 0 Å². The third-order valence-corrected chi connectivity index (χ3v) is 5.59. The second-order valence-corrected chi connectivity index (χ2v) is 10.8.